The molecule has 154 valence electrons. The number of rotatable bonds is 3. The zero-order valence-corrected chi connectivity index (χ0v) is 18.1. The summed E-state index contributed by atoms with van der Waals surface area (Å²) in [6.07, 6.45) is 0. The van der Waals surface area contributed by atoms with Crippen LogP contribution in [-0.4, -0.2) is 47.3 Å². The number of hydrogen-bond donors (Lipinski definition) is 1. The molecule has 0 atom stereocenters. The highest BCUT2D eigenvalue weighted by atomic mass is 35.5. The molecule has 0 saturated carbocycles. The molecule has 0 radical (unpaired) electrons. The van der Waals surface area contributed by atoms with Crippen LogP contribution in [0.5, 0.6) is 0 Å². The maximum Gasteiger partial charge on any atom is 0.321 e. The molecule has 1 aromatic heterocycles. The fourth-order valence-corrected chi connectivity index (χ4v) is 3.89. The van der Waals surface area contributed by atoms with Crippen LogP contribution < -0.4 is 10.2 Å². The van der Waals surface area contributed by atoms with Crippen molar-refractivity contribution in [1.82, 2.24) is 15.1 Å². The molecule has 3 aromatic rings. The average molecular weight is 463 g/mol. The predicted octanol–water partition coefficient (Wildman–Crippen LogP) is 5.46. The summed E-state index contributed by atoms with van der Waals surface area (Å²) in [5.41, 5.74) is 2.32. The fraction of sp³-hybridized carbons (Fsp3) is 0.190. The van der Waals surface area contributed by atoms with Crippen molar-refractivity contribution in [3.05, 3.63) is 69.7 Å². The summed E-state index contributed by atoms with van der Waals surface area (Å²) in [7, 11) is 0. The Labute approximate surface area is 189 Å². The number of nitrogens with one attached hydrogen (secondary N) is 1. The Balaban J connectivity index is 1.34. The van der Waals surface area contributed by atoms with Gasteiger partial charge in [0.1, 0.15) is 0 Å². The Hall–Kier alpha value is -2.54. The molecule has 0 aliphatic carbocycles. The summed E-state index contributed by atoms with van der Waals surface area (Å²) in [6, 6.07) is 16.1. The van der Waals surface area contributed by atoms with Crippen molar-refractivity contribution in [3.63, 3.8) is 0 Å². The maximum atomic E-state index is 12.5. The molecule has 2 aromatic carbocycles. The van der Waals surface area contributed by atoms with Crippen LogP contribution in [0.15, 0.2) is 54.6 Å². The number of anilines is 2. The Kier molecular flexibility index (Phi) is 6.27. The van der Waals surface area contributed by atoms with E-state index in [1.807, 2.05) is 36.4 Å². The maximum absolute atomic E-state index is 12.5. The number of amides is 2. The van der Waals surface area contributed by atoms with E-state index in [2.05, 4.69) is 20.4 Å². The number of carbonyl (C=O) groups excluding carboxylic acids is 1. The summed E-state index contributed by atoms with van der Waals surface area (Å²) in [4.78, 5) is 16.4. The van der Waals surface area contributed by atoms with Gasteiger partial charge in [-0.15, -0.1) is 10.2 Å². The third-order valence-electron chi connectivity index (χ3n) is 4.80. The molecule has 9 heteroatoms. The minimum atomic E-state index is -0.183. The largest absolute Gasteiger partial charge is 0.352 e. The Bertz CT molecular complexity index is 1020. The van der Waals surface area contributed by atoms with Gasteiger partial charge in [0.25, 0.3) is 0 Å². The highest BCUT2D eigenvalue weighted by Gasteiger charge is 2.22. The van der Waals surface area contributed by atoms with E-state index in [-0.39, 0.29) is 6.03 Å². The summed E-state index contributed by atoms with van der Waals surface area (Å²) >= 11 is 17.9. The van der Waals surface area contributed by atoms with Gasteiger partial charge >= 0.3 is 6.03 Å². The lowest BCUT2D eigenvalue weighted by molar-refractivity contribution is 0.208. The lowest BCUT2D eigenvalue weighted by Gasteiger charge is -2.35. The van der Waals surface area contributed by atoms with Gasteiger partial charge in [-0.3, -0.25) is 0 Å². The first-order valence-corrected chi connectivity index (χ1v) is 10.5. The van der Waals surface area contributed by atoms with Gasteiger partial charge in [0, 0.05) is 52.5 Å². The smallest absolute Gasteiger partial charge is 0.321 e. The van der Waals surface area contributed by atoms with Crippen LogP contribution in [0.4, 0.5) is 16.3 Å². The molecule has 30 heavy (non-hydrogen) atoms. The Morgan fingerprint density at radius 3 is 2.07 bits per heavy atom. The first-order valence-electron chi connectivity index (χ1n) is 9.34. The van der Waals surface area contributed by atoms with Crippen LogP contribution >= 0.6 is 34.8 Å². The van der Waals surface area contributed by atoms with Gasteiger partial charge in [-0.25, -0.2) is 4.79 Å². The summed E-state index contributed by atoms with van der Waals surface area (Å²) < 4.78 is 0. The number of hydrogen-bond acceptors (Lipinski definition) is 4. The van der Waals surface area contributed by atoms with Crippen LogP contribution in [-0.2, 0) is 0 Å². The Morgan fingerprint density at radius 2 is 1.47 bits per heavy atom. The number of halogens is 3. The minimum absolute atomic E-state index is 0.183. The van der Waals surface area contributed by atoms with Gasteiger partial charge in [-0.2, -0.15) is 0 Å². The van der Waals surface area contributed by atoms with Crippen molar-refractivity contribution in [2.45, 2.75) is 0 Å². The molecule has 1 fully saturated rings. The van der Waals surface area contributed by atoms with Crippen molar-refractivity contribution < 1.29 is 4.79 Å². The SMILES string of the molecule is O=C(Nc1cc(Cl)cc(Cl)c1)N1CCN(c2ccc(-c3ccc(Cl)cc3)nn2)CC1. The molecule has 0 bridgehead atoms. The van der Waals surface area contributed by atoms with E-state index in [9.17, 15) is 4.79 Å². The zero-order chi connectivity index (χ0) is 21.1. The van der Waals surface area contributed by atoms with E-state index >= 15 is 0 Å². The van der Waals surface area contributed by atoms with E-state index in [1.54, 1.807) is 23.1 Å². The number of urea groups is 1. The van der Waals surface area contributed by atoms with Gasteiger partial charge in [-0.05, 0) is 42.5 Å². The van der Waals surface area contributed by atoms with E-state index in [0.717, 1.165) is 17.1 Å². The molecule has 0 spiro atoms. The molecule has 2 heterocycles. The number of benzene rings is 2. The zero-order valence-electron chi connectivity index (χ0n) is 15.9. The molecule has 0 unspecified atom stereocenters. The molecule has 6 nitrogen and oxygen atoms in total. The minimum Gasteiger partial charge on any atom is -0.352 e. The van der Waals surface area contributed by atoms with Crippen LogP contribution in [0, 0.1) is 0 Å². The van der Waals surface area contributed by atoms with Crippen molar-refractivity contribution in [3.8, 4) is 11.3 Å². The number of piperazine rings is 1. The third kappa shape index (κ3) is 4.95. The summed E-state index contributed by atoms with van der Waals surface area (Å²) in [5, 5.41) is 13.2. The highest BCUT2D eigenvalue weighted by Crippen LogP contribution is 2.24. The second-order valence-electron chi connectivity index (χ2n) is 6.85. The lowest BCUT2D eigenvalue weighted by Crippen LogP contribution is -2.50. The van der Waals surface area contributed by atoms with E-state index < -0.39 is 0 Å². The monoisotopic (exact) mass is 461 g/mol. The third-order valence-corrected chi connectivity index (χ3v) is 5.48. The standard InChI is InChI=1S/C21H18Cl3N5O/c22-15-3-1-14(2-4-15)19-5-6-20(27-26-19)28-7-9-29(10-8-28)21(30)25-18-12-16(23)11-17(24)13-18/h1-6,11-13H,7-10H2,(H,25,30). The second-order valence-corrected chi connectivity index (χ2v) is 8.16. The van der Waals surface area contributed by atoms with Crippen LogP contribution in [0.1, 0.15) is 0 Å². The molecule has 1 saturated heterocycles. The first-order chi connectivity index (χ1) is 14.5. The molecule has 4 rings (SSSR count). The van der Waals surface area contributed by atoms with Gasteiger partial charge in [0.2, 0.25) is 0 Å². The second kappa shape index (κ2) is 9.08. The number of carbonyl (C=O) groups is 1. The molecule has 1 aliphatic heterocycles. The van der Waals surface area contributed by atoms with Gasteiger partial charge < -0.3 is 15.1 Å². The van der Waals surface area contributed by atoms with Gasteiger partial charge in [0.05, 0.1) is 5.69 Å². The normalized spacial score (nSPS) is 14.0. The predicted molar refractivity (Wildman–Crippen MR) is 122 cm³/mol. The molecule has 1 N–H and O–H groups in total. The Morgan fingerprint density at radius 1 is 0.800 bits per heavy atom. The highest BCUT2D eigenvalue weighted by molar-refractivity contribution is 6.35. The number of aromatic nitrogens is 2. The van der Waals surface area contributed by atoms with Crippen LogP contribution in [0.2, 0.25) is 15.1 Å². The van der Waals surface area contributed by atoms with Crippen LogP contribution in [0.25, 0.3) is 11.3 Å². The van der Waals surface area contributed by atoms with Crippen molar-refractivity contribution in [2.24, 2.45) is 0 Å². The summed E-state index contributed by atoms with van der Waals surface area (Å²) in [6.45, 7) is 2.47. The average Bonchev–Trinajstić information content (AvgIpc) is 2.74. The van der Waals surface area contributed by atoms with E-state index in [1.165, 1.54) is 0 Å². The van der Waals surface area contributed by atoms with Crippen molar-refractivity contribution >= 4 is 52.3 Å². The summed E-state index contributed by atoms with van der Waals surface area (Å²) in [5.74, 6) is 0.786. The molecule has 2 amide bonds. The van der Waals surface area contributed by atoms with Gasteiger partial charge in [-0.1, -0.05) is 46.9 Å². The van der Waals surface area contributed by atoms with E-state index in [4.69, 9.17) is 34.8 Å². The van der Waals surface area contributed by atoms with E-state index in [0.29, 0.717) is 46.9 Å². The molecule has 1 aliphatic rings. The van der Waals surface area contributed by atoms with Crippen molar-refractivity contribution in [2.75, 3.05) is 36.4 Å². The quantitative estimate of drug-likeness (QED) is 0.561. The first kappa shape index (κ1) is 20.7. The molecular formula is C21H18Cl3N5O. The number of nitrogens with zero attached hydrogens (tertiary/aromatic N) is 4. The van der Waals surface area contributed by atoms with Crippen molar-refractivity contribution in [1.29, 1.82) is 0 Å². The molecular weight excluding hydrogens is 445 g/mol. The van der Waals surface area contributed by atoms with Gasteiger partial charge in [0.15, 0.2) is 5.82 Å². The van der Waals surface area contributed by atoms with Crippen LogP contribution in [0.3, 0.4) is 0 Å². The topological polar surface area (TPSA) is 61.4 Å². The fourth-order valence-electron chi connectivity index (χ4n) is 3.24. The lowest BCUT2D eigenvalue weighted by atomic mass is 10.1.